The minimum atomic E-state index is -0.428. The Morgan fingerprint density at radius 2 is 1.83 bits per heavy atom. The van der Waals surface area contributed by atoms with Gasteiger partial charge in [-0.1, -0.05) is 31.0 Å². The first-order valence-corrected chi connectivity index (χ1v) is 10.7. The zero-order valence-corrected chi connectivity index (χ0v) is 16.9. The number of halogens is 1. The lowest BCUT2D eigenvalue weighted by Crippen LogP contribution is -2.24. The minimum absolute atomic E-state index is 0.245. The average Bonchev–Trinajstić information content (AvgIpc) is 3.18. The van der Waals surface area contributed by atoms with Crippen LogP contribution in [0.25, 0.3) is 5.69 Å². The first-order chi connectivity index (χ1) is 14.1. The third kappa shape index (κ3) is 4.65. The second-order valence-corrected chi connectivity index (χ2v) is 8.44. The van der Waals surface area contributed by atoms with Crippen LogP contribution in [0.5, 0.6) is 0 Å². The molecule has 1 fully saturated rings. The topological polar surface area (TPSA) is 60.1 Å². The zero-order valence-electron chi connectivity index (χ0n) is 16.1. The van der Waals surface area contributed by atoms with E-state index in [0.717, 1.165) is 34.1 Å². The van der Waals surface area contributed by atoms with E-state index in [2.05, 4.69) is 9.88 Å². The quantitative estimate of drug-likeness (QED) is 0.556. The molecule has 6 heteroatoms. The van der Waals surface area contributed by atoms with Gasteiger partial charge in [-0.25, -0.2) is 4.39 Å². The van der Waals surface area contributed by atoms with E-state index in [1.165, 1.54) is 31.4 Å². The molecule has 3 N–H and O–H groups in total. The number of amides is 1. The number of rotatable bonds is 6. The fraction of sp³-hybridized carbons (Fsp3) is 0.261. The molecule has 0 bridgehead atoms. The van der Waals surface area contributed by atoms with Crippen molar-refractivity contribution in [2.45, 2.75) is 48.1 Å². The van der Waals surface area contributed by atoms with Crippen LogP contribution in [0.4, 0.5) is 10.1 Å². The monoisotopic (exact) mass is 409 g/mol. The van der Waals surface area contributed by atoms with E-state index in [-0.39, 0.29) is 5.82 Å². The molecule has 1 aliphatic rings. The van der Waals surface area contributed by atoms with E-state index in [0.29, 0.717) is 11.6 Å². The van der Waals surface area contributed by atoms with Crippen LogP contribution in [0.3, 0.4) is 0 Å². The third-order valence-electron chi connectivity index (χ3n) is 5.26. The van der Waals surface area contributed by atoms with Crippen molar-refractivity contribution in [1.29, 1.82) is 0 Å². The van der Waals surface area contributed by atoms with E-state index in [1.54, 1.807) is 30.0 Å². The van der Waals surface area contributed by atoms with E-state index in [9.17, 15) is 9.18 Å². The molecular weight excluding hydrogens is 385 g/mol. The molecule has 0 spiro atoms. The molecule has 0 unspecified atom stereocenters. The molecule has 0 aliphatic heterocycles. The van der Waals surface area contributed by atoms with Crippen LogP contribution in [-0.4, -0.2) is 16.5 Å². The van der Waals surface area contributed by atoms with Crippen LogP contribution < -0.4 is 11.1 Å². The van der Waals surface area contributed by atoms with E-state index < -0.39 is 5.91 Å². The second-order valence-electron chi connectivity index (χ2n) is 7.35. The number of aromatic nitrogens is 1. The molecule has 4 nitrogen and oxygen atoms in total. The summed E-state index contributed by atoms with van der Waals surface area (Å²) >= 11 is 1.56. The maximum absolute atomic E-state index is 13.2. The number of hydrogen-bond acceptors (Lipinski definition) is 3. The smallest absolute Gasteiger partial charge is 0.250 e. The highest BCUT2D eigenvalue weighted by atomic mass is 32.2. The van der Waals surface area contributed by atoms with Crippen LogP contribution in [0.15, 0.2) is 70.7 Å². The first kappa shape index (κ1) is 19.6. The largest absolute Gasteiger partial charge is 0.382 e. The number of nitrogens with zero attached hydrogens (tertiary/aromatic N) is 1. The molecule has 1 saturated carbocycles. The number of benzene rings is 2. The summed E-state index contributed by atoms with van der Waals surface area (Å²) in [6.07, 6.45) is 7.89. The highest BCUT2D eigenvalue weighted by Gasteiger charge is 2.17. The number of carbonyl (C=O) groups is 1. The van der Waals surface area contributed by atoms with E-state index in [4.69, 9.17) is 5.73 Å². The van der Waals surface area contributed by atoms with Gasteiger partial charge >= 0.3 is 0 Å². The molecule has 4 rings (SSSR count). The molecule has 2 aromatic carbocycles. The molecule has 0 radical (unpaired) electrons. The first-order valence-electron chi connectivity index (χ1n) is 9.92. The Balaban J connectivity index is 1.63. The Morgan fingerprint density at radius 1 is 1.07 bits per heavy atom. The lowest BCUT2D eigenvalue weighted by atomic mass is 9.95. The minimum Gasteiger partial charge on any atom is -0.382 e. The predicted octanol–water partition coefficient (Wildman–Crippen LogP) is 5.61. The second kappa shape index (κ2) is 8.74. The zero-order chi connectivity index (χ0) is 20.2. The number of primary amides is 1. The van der Waals surface area contributed by atoms with Crippen LogP contribution >= 0.6 is 11.8 Å². The van der Waals surface area contributed by atoms with Crippen molar-refractivity contribution in [3.05, 3.63) is 72.2 Å². The SMILES string of the molecule is NC(=O)c1ccc(-n2cccc2Sc2ccc(F)cc2)cc1NC1CCCCC1. The van der Waals surface area contributed by atoms with Crippen LogP contribution in [-0.2, 0) is 0 Å². The van der Waals surface area contributed by atoms with Crippen LogP contribution in [0, 0.1) is 5.82 Å². The van der Waals surface area contributed by atoms with Crippen molar-refractivity contribution in [2.75, 3.05) is 5.32 Å². The molecule has 1 heterocycles. The summed E-state index contributed by atoms with van der Waals surface area (Å²) in [6, 6.07) is 16.5. The van der Waals surface area contributed by atoms with Gasteiger partial charge in [0.1, 0.15) is 5.82 Å². The van der Waals surface area contributed by atoms with Crippen molar-refractivity contribution in [1.82, 2.24) is 4.57 Å². The molecule has 150 valence electrons. The molecule has 1 aliphatic carbocycles. The molecule has 1 aromatic heterocycles. The van der Waals surface area contributed by atoms with Crippen molar-refractivity contribution in [3.63, 3.8) is 0 Å². The lowest BCUT2D eigenvalue weighted by Gasteiger charge is -2.25. The highest BCUT2D eigenvalue weighted by molar-refractivity contribution is 7.99. The van der Waals surface area contributed by atoms with Gasteiger partial charge in [-0.2, -0.15) is 0 Å². The van der Waals surface area contributed by atoms with Gasteiger partial charge in [0.2, 0.25) is 0 Å². The Morgan fingerprint density at radius 3 is 2.55 bits per heavy atom. The fourth-order valence-electron chi connectivity index (χ4n) is 3.77. The van der Waals surface area contributed by atoms with Crippen molar-refractivity contribution < 1.29 is 9.18 Å². The van der Waals surface area contributed by atoms with Gasteiger partial charge in [0.05, 0.1) is 10.6 Å². The fourth-order valence-corrected chi connectivity index (χ4v) is 4.69. The highest BCUT2D eigenvalue weighted by Crippen LogP contribution is 2.32. The summed E-state index contributed by atoms with van der Waals surface area (Å²) in [7, 11) is 0. The molecule has 3 aromatic rings. The average molecular weight is 410 g/mol. The third-order valence-corrected chi connectivity index (χ3v) is 6.31. The summed E-state index contributed by atoms with van der Waals surface area (Å²) in [5, 5.41) is 4.55. The predicted molar refractivity (Wildman–Crippen MR) is 115 cm³/mol. The van der Waals surface area contributed by atoms with Gasteiger partial charge in [-0.15, -0.1) is 0 Å². The molecular formula is C23H24FN3OS. The Labute approximate surface area is 174 Å². The van der Waals surface area contributed by atoms with Gasteiger partial charge in [-0.05, 0) is 67.4 Å². The van der Waals surface area contributed by atoms with Crippen molar-refractivity contribution in [2.24, 2.45) is 5.73 Å². The Kier molecular flexibility index (Phi) is 5.90. The molecule has 0 atom stereocenters. The number of carbonyl (C=O) groups excluding carboxylic acids is 1. The van der Waals surface area contributed by atoms with Gasteiger partial charge in [0.25, 0.3) is 5.91 Å². The summed E-state index contributed by atoms with van der Waals surface area (Å²) in [5.41, 5.74) is 7.86. The normalized spacial score (nSPS) is 14.7. The lowest BCUT2D eigenvalue weighted by molar-refractivity contribution is 0.100. The molecule has 29 heavy (non-hydrogen) atoms. The number of hydrogen-bond donors (Lipinski definition) is 2. The van der Waals surface area contributed by atoms with Crippen LogP contribution in [0.2, 0.25) is 0 Å². The molecule has 1 amide bonds. The summed E-state index contributed by atoms with van der Waals surface area (Å²) < 4.78 is 15.3. The summed E-state index contributed by atoms with van der Waals surface area (Å²) in [6.45, 7) is 0. The maximum Gasteiger partial charge on any atom is 0.250 e. The van der Waals surface area contributed by atoms with E-state index >= 15 is 0 Å². The maximum atomic E-state index is 13.2. The number of nitrogens with two attached hydrogens (primary N) is 1. The number of nitrogens with one attached hydrogen (secondary N) is 1. The Bertz CT molecular complexity index is 994. The number of anilines is 1. The van der Waals surface area contributed by atoms with Crippen LogP contribution in [0.1, 0.15) is 42.5 Å². The van der Waals surface area contributed by atoms with Gasteiger partial charge in [0, 0.05) is 28.5 Å². The van der Waals surface area contributed by atoms with Gasteiger partial charge < -0.3 is 15.6 Å². The standard InChI is InChI=1S/C23H24FN3OS/c24-16-8-11-19(12-9-16)29-22-7-4-14-27(22)18-10-13-20(23(25)28)21(15-18)26-17-5-2-1-3-6-17/h4,7-15,17,26H,1-3,5-6H2,(H2,25,28). The Hall–Kier alpha value is -2.73. The van der Waals surface area contributed by atoms with Crippen molar-refractivity contribution >= 4 is 23.4 Å². The van der Waals surface area contributed by atoms with Gasteiger partial charge in [0.15, 0.2) is 0 Å². The van der Waals surface area contributed by atoms with Crippen molar-refractivity contribution in [3.8, 4) is 5.69 Å². The van der Waals surface area contributed by atoms with E-state index in [1.807, 2.05) is 30.5 Å². The van der Waals surface area contributed by atoms with Gasteiger partial charge in [-0.3, -0.25) is 4.79 Å². The summed E-state index contributed by atoms with van der Waals surface area (Å²) in [5.74, 6) is -0.673. The molecule has 0 saturated heterocycles. The summed E-state index contributed by atoms with van der Waals surface area (Å²) in [4.78, 5) is 12.9.